The number of aromatic nitrogens is 1. The first kappa shape index (κ1) is 13.9. The first-order valence-electron chi connectivity index (χ1n) is 6.41. The van der Waals surface area contributed by atoms with Crippen molar-refractivity contribution >= 4 is 0 Å². The smallest absolute Gasteiger partial charge is 0.405 e. The highest BCUT2D eigenvalue weighted by Crippen LogP contribution is 2.45. The second kappa shape index (κ2) is 5.07. The number of nitrogens with zero attached hydrogens (tertiary/aromatic N) is 1. The summed E-state index contributed by atoms with van der Waals surface area (Å²) in [6, 6.07) is 5.58. The van der Waals surface area contributed by atoms with E-state index in [0.29, 0.717) is 11.3 Å². The van der Waals surface area contributed by atoms with E-state index in [4.69, 9.17) is 4.52 Å². The molecule has 0 atom stereocenters. The molecule has 1 heterocycles. The highest BCUT2D eigenvalue weighted by Gasteiger charge is 2.35. The zero-order valence-electron chi connectivity index (χ0n) is 10.8. The van der Waals surface area contributed by atoms with Gasteiger partial charge in [0.05, 0.1) is 5.56 Å². The van der Waals surface area contributed by atoms with Gasteiger partial charge >= 0.3 is 6.36 Å². The van der Waals surface area contributed by atoms with Crippen molar-refractivity contribution in [2.75, 3.05) is 0 Å². The van der Waals surface area contributed by atoms with Crippen molar-refractivity contribution in [1.29, 1.82) is 0 Å². The van der Waals surface area contributed by atoms with Gasteiger partial charge in [-0.05, 0) is 25.0 Å². The molecule has 7 heteroatoms. The maximum Gasteiger partial charge on any atom is 0.573 e. The molecule has 2 aromatic rings. The first-order valence-corrected chi connectivity index (χ1v) is 6.41. The lowest BCUT2D eigenvalue weighted by Gasteiger charge is -2.12. The predicted octanol–water partition coefficient (Wildman–Crippen LogP) is 4.05. The number of hydrogen-bond acceptors (Lipinski definition) is 3. The second-order valence-electron chi connectivity index (χ2n) is 4.84. The second-order valence-corrected chi connectivity index (χ2v) is 4.84. The molecule has 1 saturated carbocycles. The molecular weight excluding hydrogens is 287 g/mol. The van der Waals surface area contributed by atoms with Crippen LogP contribution in [0.3, 0.4) is 0 Å². The lowest BCUT2D eigenvalue weighted by molar-refractivity contribution is -0.274. The third-order valence-corrected chi connectivity index (χ3v) is 3.28. The summed E-state index contributed by atoms with van der Waals surface area (Å²) < 4.78 is 46.5. The predicted molar refractivity (Wildman–Crippen MR) is 65.0 cm³/mol. The molecule has 0 amide bonds. The van der Waals surface area contributed by atoms with Crippen LogP contribution < -0.4 is 4.74 Å². The monoisotopic (exact) mass is 298 g/mol. The fourth-order valence-electron chi connectivity index (χ4n) is 2.22. The van der Waals surface area contributed by atoms with Crippen LogP contribution in [0, 0.1) is 0 Å². The van der Waals surface area contributed by atoms with Gasteiger partial charge in [0, 0.05) is 11.5 Å². The summed E-state index contributed by atoms with van der Waals surface area (Å²) in [4.78, 5) is 0. The standard InChI is InChI=1S/C14H11F3NO3/c15-14(16,17)20-11-4-2-1-3-9(11)12-10(7-19)13(21-18-12)8-5-6-8/h1-4,8H,5-7H2. The molecule has 0 saturated heterocycles. The van der Waals surface area contributed by atoms with Gasteiger partial charge in [-0.2, -0.15) is 0 Å². The molecule has 1 aromatic carbocycles. The van der Waals surface area contributed by atoms with Crippen molar-refractivity contribution in [2.24, 2.45) is 0 Å². The highest BCUT2D eigenvalue weighted by molar-refractivity contribution is 5.70. The largest absolute Gasteiger partial charge is 0.573 e. The summed E-state index contributed by atoms with van der Waals surface area (Å²) in [6.45, 7) is -0.592. The summed E-state index contributed by atoms with van der Waals surface area (Å²) in [5, 5.41) is 15.2. The topological polar surface area (TPSA) is 55.2 Å². The summed E-state index contributed by atoms with van der Waals surface area (Å²) in [6.07, 6.45) is -3.00. The van der Waals surface area contributed by atoms with Crippen molar-refractivity contribution in [1.82, 2.24) is 5.16 Å². The molecule has 3 rings (SSSR count). The normalized spacial score (nSPS) is 15.2. The molecule has 0 N–H and O–H groups in total. The minimum atomic E-state index is -4.81. The molecule has 1 radical (unpaired) electrons. The number of halogens is 3. The van der Waals surface area contributed by atoms with E-state index in [0.717, 1.165) is 12.8 Å². The van der Waals surface area contributed by atoms with Crippen LogP contribution in [0.15, 0.2) is 28.8 Å². The number of ether oxygens (including phenoxy) is 1. The summed E-state index contributed by atoms with van der Waals surface area (Å²) >= 11 is 0. The van der Waals surface area contributed by atoms with E-state index in [-0.39, 0.29) is 17.2 Å². The van der Waals surface area contributed by atoms with Gasteiger partial charge in [0.1, 0.15) is 23.8 Å². The molecule has 0 aliphatic heterocycles. The Kier molecular flexibility index (Phi) is 3.36. The van der Waals surface area contributed by atoms with E-state index in [1.807, 2.05) is 0 Å². The first-order chi connectivity index (χ1) is 9.99. The molecule has 111 valence electrons. The summed E-state index contributed by atoms with van der Waals surface area (Å²) in [5.41, 5.74) is 0.554. The van der Waals surface area contributed by atoms with Crippen molar-refractivity contribution in [3.05, 3.63) is 35.6 Å². The molecule has 0 spiro atoms. The van der Waals surface area contributed by atoms with Crippen LogP contribution in [0.5, 0.6) is 5.75 Å². The minimum Gasteiger partial charge on any atom is -0.405 e. The van der Waals surface area contributed by atoms with Crippen molar-refractivity contribution in [3.8, 4) is 17.0 Å². The van der Waals surface area contributed by atoms with Crippen molar-refractivity contribution in [3.63, 3.8) is 0 Å². The average Bonchev–Trinajstić information content (AvgIpc) is 3.17. The maximum absolute atomic E-state index is 12.4. The van der Waals surface area contributed by atoms with Crippen LogP contribution in [0.2, 0.25) is 0 Å². The van der Waals surface area contributed by atoms with Crippen LogP contribution >= 0.6 is 0 Å². The number of para-hydroxylation sites is 1. The zero-order chi connectivity index (χ0) is 15.0. The lowest BCUT2D eigenvalue weighted by atomic mass is 10.0. The number of rotatable bonds is 4. The van der Waals surface area contributed by atoms with Gasteiger partial charge in [0.2, 0.25) is 0 Å². The van der Waals surface area contributed by atoms with E-state index in [2.05, 4.69) is 9.89 Å². The minimum absolute atomic E-state index is 0.108. The Balaban J connectivity index is 2.04. The summed E-state index contributed by atoms with van der Waals surface area (Å²) in [7, 11) is 0. The zero-order valence-corrected chi connectivity index (χ0v) is 10.8. The quantitative estimate of drug-likeness (QED) is 0.855. The maximum atomic E-state index is 12.4. The Hall–Kier alpha value is -2.02. The van der Waals surface area contributed by atoms with Gasteiger partial charge in [-0.25, -0.2) is 5.11 Å². The van der Waals surface area contributed by atoms with E-state index >= 15 is 0 Å². The molecule has 1 fully saturated rings. The van der Waals surface area contributed by atoms with E-state index in [1.54, 1.807) is 6.07 Å². The van der Waals surface area contributed by atoms with E-state index in [9.17, 15) is 18.3 Å². The molecule has 1 aromatic heterocycles. The molecule has 0 bridgehead atoms. The van der Waals surface area contributed by atoms with E-state index in [1.165, 1.54) is 18.2 Å². The Bertz CT molecular complexity index is 647. The third-order valence-electron chi connectivity index (χ3n) is 3.28. The van der Waals surface area contributed by atoms with Gasteiger partial charge in [0.25, 0.3) is 0 Å². The fourth-order valence-corrected chi connectivity index (χ4v) is 2.22. The molecule has 0 unspecified atom stereocenters. The third kappa shape index (κ3) is 2.87. The van der Waals surface area contributed by atoms with Crippen LogP contribution in [0.4, 0.5) is 13.2 Å². The highest BCUT2D eigenvalue weighted by atomic mass is 19.4. The molecule has 1 aliphatic carbocycles. The molecule has 1 aliphatic rings. The molecule has 21 heavy (non-hydrogen) atoms. The number of alkyl halides is 3. The fraction of sp³-hybridized carbons (Fsp3) is 0.357. The molecule has 4 nitrogen and oxygen atoms in total. The number of hydrogen-bond donors (Lipinski definition) is 0. The van der Waals surface area contributed by atoms with Gasteiger partial charge < -0.3 is 9.26 Å². The average molecular weight is 298 g/mol. The summed E-state index contributed by atoms with van der Waals surface area (Å²) in [5.74, 6) is 0.253. The van der Waals surface area contributed by atoms with Crippen LogP contribution in [0.1, 0.15) is 30.1 Å². The van der Waals surface area contributed by atoms with Crippen LogP contribution in [-0.2, 0) is 11.7 Å². The van der Waals surface area contributed by atoms with Crippen LogP contribution in [-0.4, -0.2) is 11.5 Å². The van der Waals surface area contributed by atoms with Gasteiger partial charge in [-0.1, -0.05) is 17.3 Å². The Morgan fingerprint density at radius 3 is 2.62 bits per heavy atom. The SMILES string of the molecule is [O]Cc1c(-c2ccccc2OC(F)(F)F)noc1C1CC1. The van der Waals surface area contributed by atoms with E-state index < -0.39 is 18.7 Å². The lowest BCUT2D eigenvalue weighted by Crippen LogP contribution is -2.17. The number of benzene rings is 1. The Morgan fingerprint density at radius 1 is 1.29 bits per heavy atom. The van der Waals surface area contributed by atoms with Gasteiger partial charge in [-0.15, -0.1) is 13.2 Å². The van der Waals surface area contributed by atoms with Crippen molar-refractivity contribution in [2.45, 2.75) is 31.7 Å². The Morgan fingerprint density at radius 2 is 2.00 bits per heavy atom. The van der Waals surface area contributed by atoms with Crippen LogP contribution in [0.25, 0.3) is 11.3 Å². The van der Waals surface area contributed by atoms with Gasteiger partial charge in [-0.3, -0.25) is 0 Å². The van der Waals surface area contributed by atoms with Gasteiger partial charge in [0.15, 0.2) is 0 Å². The molecular formula is C14H11F3NO3. The Labute approximate surface area is 118 Å². The van der Waals surface area contributed by atoms with Crippen molar-refractivity contribution < 1.29 is 27.5 Å².